The van der Waals surface area contributed by atoms with Crippen molar-refractivity contribution in [2.45, 2.75) is 13.8 Å². The number of nitrogens with zero attached hydrogens (tertiary/aromatic N) is 1. The molecule has 9 heteroatoms. The number of nitrogens with one attached hydrogen (secondary N) is 2. The van der Waals surface area contributed by atoms with Gasteiger partial charge in [-0.3, -0.25) is 9.59 Å². The molecule has 4 aromatic rings. The van der Waals surface area contributed by atoms with Gasteiger partial charge in [-0.05, 0) is 67.6 Å². The molecular weight excluding hydrogens is 534 g/mol. The van der Waals surface area contributed by atoms with Crippen LogP contribution in [0.5, 0.6) is 11.5 Å². The Kier molecular flexibility index (Phi) is 9.72. The normalized spacial score (nSPS) is 10.8. The van der Waals surface area contributed by atoms with Crippen LogP contribution >= 0.6 is 0 Å². The topological polar surface area (TPSA) is 123 Å². The predicted octanol–water partition coefficient (Wildman–Crippen LogP) is 5.56. The number of carbonyl (C=O) groups is 4. The maximum atomic E-state index is 12.6. The number of esters is 2. The molecule has 0 bridgehead atoms. The summed E-state index contributed by atoms with van der Waals surface area (Å²) in [5.41, 5.74) is 5.65. The Hall–Kier alpha value is -5.83. The van der Waals surface area contributed by atoms with Gasteiger partial charge in [-0.25, -0.2) is 15.0 Å². The summed E-state index contributed by atoms with van der Waals surface area (Å²) in [7, 11) is 0. The Morgan fingerprint density at radius 3 is 2.10 bits per heavy atom. The number of benzene rings is 4. The lowest BCUT2D eigenvalue weighted by Crippen LogP contribution is -2.17. The third-order valence-electron chi connectivity index (χ3n) is 5.74. The van der Waals surface area contributed by atoms with E-state index in [1.165, 1.54) is 25.3 Å². The van der Waals surface area contributed by atoms with E-state index in [1.54, 1.807) is 91.0 Å². The largest absolute Gasteiger partial charge is 0.423 e. The van der Waals surface area contributed by atoms with Crippen LogP contribution in [0.15, 0.2) is 108 Å². The molecule has 0 spiro atoms. The number of para-hydroxylation sites is 2. The minimum atomic E-state index is -0.668. The molecule has 0 unspecified atom stereocenters. The predicted molar refractivity (Wildman–Crippen MR) is 159 cm³/mol. The maximum absolute atomic E-state index is 12.6. The molecule has 4 aromatic carbocycles. The molecule has 0 atom stereocenters. The standard InChI is InChI=1S/C33H27N3O6/c1-22-8-7-11-26(20-22)33(40)42-29-12-5-3-9-24(29)16-19-31(38)41-30-13-6-4-10-27(30)21-34-36-32(39)25-14-17-28(18-15-25)35-23(2)37/h3-21H,1-2H3,(H,35,37)(H,36,39)/b19-16+,34-21+. The molecule has 0 heterocycles. The smallest absolute Gasteiger partial charge is 0.343 e. The summed E-state index contributed by atoms with van der Waals surface area (Å²) in [5.74, 6) is -1.33. The zero-order valence-corrected chi connectivity index (χ0v) is 22.9. The van der Waals surface area contributed by atoms with Crippen molar-refractivity contribution >= 4 is 41.7 Å². The van der Waals surface area contributed by atoms with Gasteiger partial charge < -0.3 is 14.8 Å². The van der Waals surface area contributed by atoms with Crippen LogP contribution < -0.4 is 20.2 Å². The highest BCUT2D eigenvalue weighted by Crippen LogP contribution is 2.22. The van der Waals surface area contributed by atoms with Gasteiger partial charge in [0.2, 0.25) is 5.91 Å². The number of amides is 2. The first-order chi connectivity index (χ1) is 20.3. The average Bonchev–Trinajstić information content (AvgIpc) is 2.97. The van der Waals surface area contributed by atoms with Crippen molar-refractivity contribution in [3.8, 4) is 11.5 Å². The van der Waals surface area contributed by atoms with E-state index in [9.17, 15) is 19.2 Å². The molecule has 42 heavy (non-hydrogen) atoms. The van der Waals surface area contributed by atoms with E-state index in [0.29, 0.717) is 33.7 Å². The number of rotatable bonds is 9. The van der Waals surface area contributed by atoms with Gasteiger partial charge in [0, 0.05) is 35.4 Å². The van der Waals surface area contributed by atoms with Crippen LogP contribution in [-0.4, -0.2) is 30.0 Å². The van der Waals surface area contributed by atoms with Crippen LogP contribution in [0.2, 0.25) is 0 Å². The van der Waals surface area contributed by atoms with Gasteiger partial charge in [-0.15, -0.1) is 0 Å². The first kappa shape index (κ1) is 29.2. The minimum Gasteiger partial charge on any atom is -0.423 e. The van der Waals surface area contributed by atoms with Crippen molar-refractivity contribution < 1.29 is 28.7 Å². The molecule has 9 nitrogen and oxygen atoms in total. The van der Waals surface area contributed by atoms with Crippen molar-refractivity contribution in [2.24, 2.45) is 5.10 Å². The highest BCUT2D eigenvalue weighted by Gasteiger charge is 2.12. The van der Waals surface area contributed by atoms with Crippen LogP contribution in [0, 0.1) is 6.92 Å². The summed E-state index contributed by atoms with van der Waals surface area (Å²) in [6, 6.07) is 26.9. The van der Waals surface area contributed by atoms with Gasteiger partial charge in [0.25, 0.3) is 5.91 Å². The zero-order valence-electron chi connectivity index (χ0n) is 22.9. The van der Waals surface area contributed by atoms with Gasteiger partial charge in [-0.1, -0.05) is 48.0 Å². The Balaban J connectivity index is 1.38. The Morgan fingerprint density at radius 1 is 0.738 bits per heavy atom. The van der Waals surface area contributed by atoms with Gasteiger partial charge in [-0.2, -0.15) is 5.10 Å². The quantitative estimate of drug-likeness (QED) is 0.0908. The van der Waals surface area contributed by atoms with E-state index in [1.807, 2.05) is 13.0 Å². The van der Waals surface area contributed by atoms with E-state index in [4.69, 9.17) is 9.47 Å². The number of hydrogen-bond donors (Lipinski definition) is 2. The van der Waals surface area contributed by atoms with E-state index in [0.717, 1.165) is 5.56 Å². The molecule has 0 radical (unpaired) electrons. The SMILES string of the molecule is CC(=O)Nc1ccc(C(=O)N/N=C/c2ccccc2OC(=O)/C=C/c2ccccc2OC(=O)c2cccc(C)c2)cc1. The third kappa shape index (κ3) is 8.33. The maximum Gasteiger partial charge on any atom is 0.343 e. The van der Waals surface area contributed by atoms with Crippen molar-refractivity contribution in [3.05, 3.63) is 131 Å². The number of hydrazone groups is 1. The average molecular weight is 562 g/mol. The number of carbonyl (C=O) groups excluding carboxylic acids is 4. The monoisotopic (exact) mass is 561 g/mol. The van der Waals surface area contributed by atoms with E-state index in [-0.39, 0.29) is 11.7 Å². The second-order valence-electron chi connectivity index (χ2n) is 9.05. The summed E-state index contributed by atoms with van der Waals surface area (Å²) in [4.78, 5) is 48.8. The summed E-state index contributed by atoms with van der Waals surface area (Å²) in [5, 5.41) is 6.59. The number of hydrogen-bond acceptors (Lipinski definition) is 7. The fraction of sp³-hybridized carbons (Fsp3) is 0.0606. The van der Waals surface area contributed by atoms with Crippen LogP contribution in [-0.2, 0) is 9.59 Å². The molecule has 0 aliphatic carbocycles. The van der Waals surface area contributed by atoms with Gasteiger partial charge in [0.1, 0.15) is 11.5 Å². The van der Waals surface area contributed by atoms with Gasteiger partial charge in [0.05, 0.1) is 11.8 Å². The summed E-state index contributed by atoms with van der Waals surface area (Å²) >= 11 is 0. The summed E-state index contributed by atoms with van der Waals surface area (Å²) in [6.45, 7) is 3.28. The van der Waals surface area contributed by atoms with Gasteiger partial charge in [0.15, 0.2) is 0 Å². The van der Waals surface area contributed by atoms with Crippen molar-refractivity contribution in [2.75, 3.05) is 5.32 Å². The van der Waals surface area contributed by atoms with Crippen LogP contribution in [0.25, 0.3) is 6.08 Å². The first-order valence-electron chi connectivity index (χ1n) is 12.9. The van der Waals surface area contributed by atoms with Crippen LogP contribution in [0.1, 0.15) is 44.3 Å². The Morgan fingerprint density at radius 2 is 1.40 bits per heavy atom. The molecule has 0 aromatic heterocycles. The second-order valence-corrected chi connectivity index (χ2v) is 9.05. The van der Waals surface area contributed by atoms with E-state index < -0.39 is 17.8 Å². The second kappa shape index (κ2) is 14.0. The lowest BCUT2D eigenvalue weighted by atomic mass is 10.1. The molecule has 0 saturated carbocycles. The molecular formula is C33H27N3O6. The fourth-order valence-electron chi connectivity index (χ4n) is 3.76. The van der Waals surface area contributed by atoms with E-state index >= 15 is 0 Å². The molecule has 4 rings (SSSR count). The lowest BCUT2D eigenvalue weighted by molar-refractivity contribution is -0.128. The van der Waals surface area contributed by atoms with E-state index in [2.05, 4.69) is 15.8 Å². The molecule has 210 valence electrons. The lowest BCUT2D eigenvalue weighted by Gasteiger charge is -2.08. The Bertz CT molecular complexity index is 1680. The molecule has 2 amide bonds. The minimum absolute atomic E-state index is 0.212. The summed E-state index contributed by atoms with van der Waals surface area (Å²) in [6.07, 6.45) is 4.07. The molecule has 2 N–H and O–H groups in total. The van der Waals surface area contributed by atoms with Gasteiger partial charge >= 0.3 is 11.9 Å². The number of aryl methyl sites for hydroxylation is 1. The molecule has 0 saturated heterocycles. The van der Waals surface area contributed by atoms with Crippen molar-refractivity contribution in [1.82, 2.24) is 5.43 Å². The zero-order chi connectivity index (χ0) is 29.9. The number of anilines is 1. The highest BCUT2D eigenvalue weighted by molar-refractivity contribution is 5.97. The summed E-state index contributed by atoms with van der Waals surface area (Å²) < 4.78 is 11.0. The van der Waals surface area contributed by atoms with Crippen LogP contribution in [0.4, 0.5) is 5.69 Å². The fourth-order valence-corrected chi connectivity index (χ4v) is 3.76. The first-order valence-corrected chi connectivity index (χ1v) is 12.9. The molecule has 0 aliphatic rings. The molecule has 0 fully saturated rings. The third-order valence-corrected chi connectivity index (χ3v) is 5.74. The number of ether oxygens (including phenoxy) is 2. The molecule has 0 aliphatic heterocycles. The van der Waals surface area contributed by atoms with Crippen molar-refractivity contribution in [1.29, 1.82) is 0 Å². The van der Waals surface area contributed by atoms with Crippen molar-refractivity contribution in [3.63, 3.8) is 0 Å². The van der Waals surface area contributed by atoms with Crippen LogP contribution in [0.3, 0.4) is 0 Å². The Labute approximate surface area is 242 Å². The highest BCUT2D eigenvalue weighted by atomic mass is 16.5.